The highest BCUT2D eigenvalue weighted by Crippen LogP contribution is 2.42. The monoisotopic (exact) mass is 389 g/mol. The minimum atomic E-state index is -3.26. The molecule has 3 nitrogen and oxygen atoms in total. The maximum absolute atomic E-state index is 12.6. The van der Waals surface area contributed by atoms with Crippen molar-refractivity contribution >= 4 is 10.0 Å². The molecular formula is C23H35NO2S. The Morgan fingerprint density at radius 1 is 0.741 bits per heavy atom. The first kappa shape index (κ1) is 20.6. The van der Waals surface area contributed by atoms with Crippen LogP contribution in [0.2, 0.25) is 0 Å². The molecule has 1 aromatic rings. The normalized spacial score (nSPS) is 28.4. The van der Waals surface area contributed by atoms with E-state index in [0.29, 0.717) is 4.90 Å². The van der Waals surface area contributed by atoms with Gasteiger partial charge in [0.05, 0.1) is 4.90 Å². The van der Waals surface area contributed by atoms with Crippen LogP contribution in [0.5, 0.6) is 0 Å². The summed E-state index contributed by atoms with van der Waals surface area (Å²) in [7, 11) is -3.26. The van der Waals surface area contributed by atoms with Crippen molar-refractivity contribution in [1.82, 2.24) is 4.31 Å². The fourth-order valence-corrected chi connectivity index (χ4v) is 6.19. The number of aryl methyl sites for hydroxylation is 1. The van der Waals surface area contributed by atoms with E-state index < -0.39 is 10.0 Å². The number of allylic oxidation sites excluding steroid dienone is 2. The number of nitrogens with zero attached hydrogens (tertiary/aromatic N) is 1. The summed E-state index contributed by atoms with van der Waals surface area (Å²) in [5.41, 5.74) is 1.09. The molecule has 2 fully saturated rings. The molecule has 0 bridgehead atoms. The van der Waals surface area contributed by atoms with Gasteiger partial charge in [0, 0.05) is 12.1 Å². The van der Waals surface area contributed by atoms with E-state index in [4.69, 9.17) is 0 Å². The van der Waals surface area contributed by atoms with Gasteiger partial charge < -0.3 is 0 Å². The van der Waals surface area contributed by atoms with Crippen LogP contribution >= 0.6 is 0 Å². The molecule has 4 heteroatoms. The zero-order valence-corrected chi connectivity index (χ0v) is 17.6. The van der Waals surface area contributed by atoms with Crippen LogP contribution < -0.4 is 0 Å². The molecular weight excluding hydrogens is 354 g/mol. The molecule has 0 aromatic heterocycles. The van der Waals surface area contributed by atoms with Gasteiger partial charge >= 0.3 is 0 Å². The summed E-state index contributed by atoms with van der Waals surface area (Å²) >= 11 is 0. The van der Waals surface area contributed by atoms with Gasteiger partial charge in [0.2, 0.25) is 10.0 Å². The van der Waals surface area contributed by atoms with E-state index in [0.717, 1.165) is 18.4 Å². The Balaban J connectivity index is 0.000000221. The summed E-state index contributed by atoms with van der Waals surface area (Å²) in [6, 6.07) is 7.75. The second-order valence-corrected chi connectivity index (χ2v) is 10.1. The van der Waals surface area contributed by atoms with Crippen LogP contribution in [0.1, 0.15) is 82.6 Å². The van der Waals surface area contributed by atoms with Crippen LogP contribution in [0.4, 0.5) is 0 Å². The number of hydrogen-bond donors (Lipinski definition) is 0. The number of rotatable bonds is 2. The van der Waals surface area contributed by atoms with Gasteiger partial charge in [-0.2, -0.15) is 4.31 Å². The lowest BCUT2D eigenvalue weighted by Gasteiger charge is -2.07. The second kappa shape index (κ2) is 9.88. The molecule has 3 aliphatic rings. The lowest BCUT2D eigenvalue weighted by Crippen LogP contribution is -2.16. The van der Waals surface area contributed by atoms with Gasteiger partial charge in [0.1, 0.15) is 0 Å². The molecule has 27 heavy (non-hydrogen) atoms. The van der Waals surface area contributed by atoms with Crippen LogP contribution in [0, 0.1) is 6.92 Å². The van der Waals surface area contributed by atoms with Crippen LogP contribution in [-0.2, 0) is 10.0 Å². The fraction of sp³-hybridized carbons (Fsp3) is 0.652. The average Bonchev–Trinajstić information content (AvgIpc) is 3.27. The van der Waals surface area contributed by atoms with Gasteiger partial charge in [-0.15, -0.1) is 0 Å². The SMILES string of the molecule is C1=CCCCCCC1.Cc1ccc(S(=O)(=O)N2C3CCCCCCC32)cc1. The predicted molar refractivity (Wildman–Crippen MR) is 112 cm³/mol. The highest BCUT2D eigenvalue weighted by atomic mass is 32.2. The maximum atomic E-state index is 12.6. The van der Waals surface area contributed by atoms with E-state index in [2.05, 4.69) is 12.2 Å². The largest absolute Gasteiger partial charge is 0.243 e. The second-order valence-electron chi connectivity index (χ2n) is 8.24. The van der Waals surface area contributed by atoms with Crippen molar-refractivity contribution in [3.63, 3.8) is 0 Å². The molecule has 0 spiro atoms. The van der Waals surface area contributed by atoms with Gasteiger partial charge in [-0.1, -0.05) is 68.4 Å². The van der Waals surface area contributed by atoms with Crippen molar-refractivity contribution in [2.75, 3.05) is 0 Å². The summed E-state index contributed by atoms with van der Waals surface area (Å²) in [6.07, 6.45) is 19.9. The minimum absolute atomic E-state index is 0.270. The van der Waals surface area contributed by atoms with Crippen molar-refractivity contribution in [2.24, 2.45) is 0 Å². The Kier molecular flexibility index (Phi) is 7.54. The average molecular weight is 390 g/mol. The molecule has 150 valence electrons. The molecule has 0 radical (unpaired) electrons. The summed E-state index contributed by atoms with van der Waals surface area (Å²) in [5, 5.41) is 0. The van der Waals surface area contributed by atoms with E-state index in [-0.39, 0.29) is 12.1 Å². The molecule has 1 aliphatic heterocycles. The first-order valence-corrected chi connectivity index (χ1v) is 12.3. The molecule has 0 amide bonds. The molecule has 1 aromatic carbocycles. The standard InChI is InChI=1S/C15H21NO2S.C8H14/c1-12-8-10-13(11-9-12)19(17,18)16-14-6-4-2-3-5-7-15(14)16;1-2-4-6-8-7-5-3-1/h8-11,14-15H,2-7H2,1H3;1-2H,3-8H2. The van der Waals surface area contributed by atoms with E-state index >= 15 is 0 Å². The zero-order valence-electron chi connectivity index (χ0n) is 16.8. The highest BCUT2D eigenvalue weighted by Gasteiger charge is 2.54. The number of hydrogen-bond acceptors (Lipinski definition) is 2. The molecule has 1 heterocycles. The third-order valence-corrected chi connectivity index (χ3v) is 7.98. The zero-order chi connectivity index (χ0) is 19.1. The molecule has 0 N–H and O–H groups in total. The Bertz CT molecular complexity index is 684. The van der Waals surface area contributed by atoms with E-state index in [1.54, 1.807) is 16.4 Å². The van der Waals surface area contributed by atoms with E-state index in [1.807, 2.05) is 19.1 Å². The van der Waals surface area contributed by atoms with Crippen molar-refractivity contribution in [1.29, 1.82) is 0 Å². The Labute approximate surface area is 165 Å². The van der Waals surface area contributed by atoms with Gasteiger partial charge in [-0.25, -0.2) is 8.42 Å². The summed E-state index contributed by atoms with van der Waals surface area (Å²) in [4.78, 5) is 0.449. The Morgan fingerprint density at radius 3 is 1.74 bits per heavy atom. The smallest absolute Gasteiger partial charge is 0.207 e. The number of fused-ring (bicyclic) bond motifs is 1. The van der Waals surface area contributed by atoms with Gasteiger partial charge in [0.25, 0.3) is 0 Å². The van der Waals surface area contributed by atoms with Gasteiger partial charge in [0.15, 0.2) is 0 Å². The first-order chi connectivity index (χ1) is 13.1. The molecule has 2 aliphatic carbocycles. The fourth-order valence-electron chi connectivity index (χ4n) is 4.31. The van der Waals surface area contributed by atoms with Crippen molar-refractivity contribution in [3.05, 3.63) is 42.0 Å². The third-order valence-electron chi connectivity index (χ3n) is 6.01. The van der Waals surface area contributed by atoms with Crippen molar-refractivity contribution < 1.29 is 8.42 Å². The minimum Gasteiger partial charge on any atom is -0.207 e. The lowest BCUT2D eigenvalue weighted by atomic mass is 10.0. The maximum Gasteiger partial charge on any atom is 0.243 e. The van der Waals surface area contributed by atoms with E-state index in [9.17, 15) is 8.42 Å². The third kappa shape index (κ3) is 5.68. The molecule has 1 saturated carbocycles. The Hall–Kier alpha value is -1.13. The Morgan fingerprint density at radius 2 is 1.22 bits per heavy atom. The molecule has 2 unspecified atom stereocenters. The number of sulfonamides is 1. The first-order valence-electron chi connectivity index (χ1n) is 10.9. The molecule has 2 atom stereocenters. The van der Waals surface area contributed by atoms with Crippen LogP contribution in [0.3, 0.4) is 0 Å². The van der Waals surface area contributed by atoms with Crippen molar-refractivity contribution in [2.45, 2.75) is 101 Å². The van der Waals surface area contributed by atoms with Gasteiger partial charge in [-0.05, 0) is 57.6 Å². The highest BCUT2D eigenvalue weighted by molar-refractivity contribution is 7.89. The van der Waals surface area contributed by atoms with E-state index in [1.165, 1.54) is 64.2 Å². The molecule has 1 saturated heterocycles. The van der Waals surface area contributed by atoms with Crippen LogP contribution in [0.15, 0.2) is 41.3 Å². The number of benzene rings is 1. The molecule has 4 rings (SSSR count). The lowest BCUT2D eigenvalue weighted by molar-refractivity contribution is 0.538. The summed E-state index contributed by atoms with van der Waals surface area (Å²) in [5.74, 6) is 0. The van der Waals surface area contributed by atoms with Crippen LogP contribution in [-0.4, -0.2) is 24.8 Å². The van der Waals surface area contributed by atoms with Crippen LogP contribution in [0.25, 0.3) is 0 Å². The quantitative estimate of drug-likeness (QED) is 0.460. The summed E-state index contributed by atoms with van der Waals surface area (Å²) in [6.45, 7) is 1.97. The van der Waals surface area contributed by atoms with Crippen molar-refractivity contribution in [3.8, 4) is 0 Å². The summed E-state index contributed by atoms with van der Waals surface area (Å²) < 4.78 is 27.0. The topological polar surface area (TPSA) is 37.1 Å². The predicted octanol–water partition coefficient (Wildman–Crippen LogP) is 5.99. The van der Waals surface area contributed by atoms with Gasteiger partial charge in [-0.3, -0.25) is 0 Å².